The number of nitrogens with zero attached hydrogens (tertiary/aromatic N) is 7. The molecule has 9 nitrogen and oxygen atoms in total. The lowest BCUT2D eigenvalue weighted by molar-refractivity contribution is 0.272. The van der Waals surface area contributed by atoms with Crippen LogP contribution in [-0.2, 0) is 5.41 Å². The van der Waals surface area contributed by atoms with Crippen LogP contribution in [0.5, 0.6) is 0 Å². The maximum atomic E-state index is 5.67. The topological polar surface area (TPSA) is 121 Å². The van der Waals surface area contributed by atoms with Gasteiger partial charge in [-0.3, -0.25) is 9.67 Å². The Hall–Kier alpha value is -3.27. The van der Waals surface area contributed by atoms with Crippen molar-refractivity contribution in [1.29, 1.82) is 0 Å². The standard InChI is InChI=1S/C22H22N8OS/c23-21-25-8-14(9-26-21)18-3-2-16(11-24-18)22(5-1-6-22)20-28-19(31-29-20)15-10-27-30(12-15)17-4-7-32-13-17/h2-3,8-12,17H,1,4-7,13H2,(H2,23,25,26). The number of nitrogens with two attached hydrogens (primary N) is 1. The molecule has 10 heteroatoms. The minimum Gasteiger partial charge on any atom is -0.368 e. The average Bonchev–Trinajstić information content (AvgIpc) is 3.55. The molecular formula is C22H22N8OS. The number of nitrogen functional groups attached to an aromatic ring is 1. The number of anilines is 1. The zero-order valence-electron chi connectivity index (χ0n) is 17.4. The van der Waals surface area contributed by atoms with Gasteiger partial charge in [-0.2, -0.15) is 21.8 Å². The van der Waals surface area contributed by atoms with E-state index < -0.39 is 0 Å². The van der Waals surface area contributed by atoms with E-state index in [1.165, 1.54) is 5.75 Å². The van der Waals surface area contributed by atoms with Crippen molar-refractivity contribution in [1.82, 2.24) is 34.9 Å². The third-order valence-electron chi connectivity index (χ3n) is 6.47. The first-order valence-corrected chi connectivity index (χ1v) is 11.9. The van der Waals surface area contributed by atoms with Crippen molar-refractivity contribution in [3.63, 3.8) is 0 Å². The molecule has 4 aromatic heterocycles. The van der Waals surface area contributed by atoms with E-state index in [0.29, 0.717) is 17.8 Å². The summed E-state index contributed by atoms with van der Waals surface area (Å²) in [6, 6.07) is 4.52. The van der Waals surface area contributed by atoms with Crippen LogP contribution in [0, 0.1) is 0 Å². The minimum atomic E-state index is -0.261. The normalized spacial score (nSPS) is 19.7. The largest absolute Gasteiger partial charge is 0.368 e. The van der Waals surface area contributed by atoms with Crippen LogP contribution in [0.25, 0.3) is 22.7 Å². The minimum absolute atomic E-state index is 0.249. The van der Waals surface area contributed by atoms with E-state index in [2.05, 4.69) is 31.3 Å². The van der Waals surface area contributed by atoms with Gasteiger partial charge in [-0.1, -0.05) is 17.6 Å². The number of aromatic nitrogens is 7. The second kappa shape index (κ2) is 7.70. The Kier molecular flexibility index (Phi) is 4.67. The summed E-state index contributed by atoms with van der Waals surface area (Å²) in [5.74, 6) is 3.77. The Balaban J connectivity index is 1.27. The summed E-state index contributed by atoms with van der Waals surface area (Å²) in [7, 11) is 0. The first-order valence-electron chi connectivity index (χ1n) is 10.7. The third-order valence-corrected chi connectivity index (χ3v) is 7.62. The molecule has 4 aromatic rings. The number of hydrogen-bond acceptors (Lipinski definition) is 9. The predicted octanol–water partition coefficient (Wildman–Crippen LogP) is 3.52. The number of rotatable bonds is 5. The van der Waals surface area contributed by atoms with Gasteiger partial charge in [0.25, 0.3) is 5.89 Å². The van der Waals surface area contributed by atoms with Crippen LogP contribution >= 0.6 is 11.8 Å². The number of hydrogen-bond donors (Lipinski definition) is 1. The first kappa shape index (κ1) is 19.4. The highest BCUT2D eigenvalue weighted by atomic mass is 32.2. The smallest absolute Gasteiger partial charge is 0.261 e. The molecule has 1 saturated heterocycles. The van der Waals surface area contributed by atoms with Crippen molar-refractivity contribution in [3.05, 3.63) is 54.5 Å². The molecule has 6 rings (SSSR count). The molecule has 2 N–H and O–H groups in total. The summed E-state index contributed by atoms with van der Waals surface area (Å²) in [6.45, 7) is 0. The highest BCUT2D eigenvalue weighted by molar-refractivity contribution is 7.99. The molecular weight excluding hydrogens is 424 g/mol. The molecule has 1 aliphatic carbocycles. The van der Waals surface area contributed by atoms with Gasteiger partial charge >= 0.3 is 0 Å². The summed E-state index contributed by atoms with van der Waals surface area (Å²) in [5.41, 5.74) is 8.91. The fourth-order valence-electron chi connectivity index (χ4n) is 4.40. The molecule has 0 radical (unpaired) electrons. The van der Waals surface area contributed by atoms with E-state index in [1.54, 1.807) is 12.4 Å². The fraction of sp³-hybridized carbons (Fsp3) is 0.364. The molecule has 2 fully saturated rings. The summed E-state index contributed by atoms with van der Waals surface area (Å²) in [6.07, 6.45) is 13.3. The van der Waals surface area contributed by atoms with E-state index in [4.69, 9.17) is 15.2 Å². The van der Waals surface area contributed by atoms with E-state index in [0.717, 1.165) is 53.8 Å². The van der Waals surface area contributed by atoms with Crippen LogP contribution in [0.15, 0.2) is 47.6 Å². The lowest BCUT2D eigenvalue weighted by Gasteiger charge is -2.39. The molecule has 0 bridgehead atoms. The van der Waals surface area contributed by atoms with Gasteiger partial charge < -0.3 is 10.3 Å². The maximum absolute atomic E-state index is 5.67. The van der Waals surface area contributed by atoms with Crippen molar-refractivity contribution in [3.8, 4) is 22.7 Å². The Labute approximate surface area is 188 Å². The SMILES string of the molecule is Nc1ncc(-c2ccc(C3(c4noc(-c5cnn(C6CCSC6)c5)n4)CCC3)cn2)cn1. The summed E-state index contributed by atoms with van der Waals surface area (Å²) < 4.78 is 7.70. The van der Waals surface area contributed by atoms with Crippen LogP contribution in [0.1, 0.15) is 43.1 Å². The van der Waals surface area contributed by atoms with E-state index >= 15 is 0 Å². The van der Waals surface area contributed by atoms with Crippen LogP contribution < -0.4 is 5.73 Å². The van der Waals surface area contributed by atoms with Crippen LogP contribution in [-0.4, -0.2) is 46.4 Å². The van der Waals surface area contributed by atoms with Gasteiger partial charge in [-0.05, 0) is 36.6 Å². The van der Waals surface area contributed by atoms with Crippen molar-refractivity contribution in [2.75, 3.05) is 17.2 Å². The highest BCUT2D eigenvalue weighted by Gasteiger charge is 2.45. The van der Waals surface area contributed by atoms with E-state index in [-0.39, 0.29) is 11.4 Å². The molecule has 1 saturated carbocycles. The predicted molar refractivity (Wildman–Crippen MR) is 121 cm³/mol. The summed E-state index contributed by atoms with van der Waals surface area (Å²) >= 11 is 1.97. The molecule has 1 aliphatic heterocycles. The third kappa shape index (κ3) is 3.26. The Morgan fingerprint density at radius 1 is 1.06 bits per heavy atom. The Morgan fingerprint density at radius 3 is 2.62 bits per heavy atom. The lowest BCUT2D eigenvalue weighted by Crippen LogP contribution is -2.36. The average molecular weight is 447 g/mol. The van der Waals surface area contributed by atoms with E-state index in [9.17, 15) is 0 Å². The van der Waals surface area contributed by atoms with Gasteiger partial charge in [0.05, 0.1) is 28.9 Å². The first-order chi connectivity index (χ1) is 15.7. The van der Waals surface area contributed by atoms with Crippen molar-refractivity contribution >= 4 is 17.7 Å². The van der Waals surface area contributed by atoms with Gasteiger partial charge in [0.1, 0.15) is 0 Å². The monoisotopic (exact) mass is 446 g/mol. The quantitative estimate of drug-likeness (QED) is 0.490. The van der Waals surface area contributed by atoms with Gasteiger partial charge in [-0.25, -0.2) is 9.97 Å². The maximum Gasteiger partial charge on any atom is 0.261 e. The molecule has 162 valence electrons. The second-order valence-electron chi connectivity index (χ2n) is 8.35. The zero-order valence-corrected chi connectivity index (χ0v) is 18.2. The molecule has 0 amide bonds. The molecule has 0 spiro atoms. The second-order valence-corrected chi connectivity index (χ2v) is 9.50. The molecule has 2 aliphatic rings. The van der Waals surface area contributed by atoms with E-state index in [1.807, 2.05) is 41.1 Å². The van der Waals surface area contributed by atoms with Crippen LogP contribution in [0.3, 0.4) is 0 Å². The van der Waals surface area contributed by atoms with Gasteiger partial charge in [0.2, 0.25) is 5.95 Å². The molecule has 1 atom stereocenters. The molecule has 5 heterocycles. The Morgan fingerprint density at radius 2 is 1.94 bits per heavy atom. The molecule has 1 unspecified atom stereocenters. The van der Waals surface area contributed by atoms with Crippen molar-refractivity contribution in [2.45, 2.75) is 37.1 Å². The molecule has 32 heavy (non-hydrogen) atoms. The van der Waals surface area contributed by atoms with Crippen LogP contribution in [0.4, 0.5) is 5.95 Å². The lowest BCUT2D eigenvalue weighted by atomic mass is 9.64. The van der Waals surface area contributed by atoms with Crippen LogP contribution in [0.2, 0.25) is 0 Å². The molecule has 0 aromatic carbocycles. The summed E-state index contributed by atoms with van der Waals surface area (Å²) in [5, 5.41) is 8.90. The van der Waals surface area contributed by atoms with Gasteiger partial charge in [0, 0.05) is 36.1 Å². The fourth-order valence-corrected chi connectivity index (χ4v) is 5.60. The Bertz CT molecular complexity index is 1220. The zero-order chi connectivity index (χ0) is 21.5. The number of thioether (sulfide) groups is 1. The summed E-state index contributed by atoms with van der Waals surface area (Å²) in [4.78, 5) is 17.5. The number of pyridine rings is 1. The van der Waals surface area contributed by atoms with Gasteiger partial charge in [0.15, 0.2) is 5.82 Å². The van der Waals surface area contributed by atoms with Crippen molar-refractivity contribution < 1.29 is 4.52 Å². The van der Waals surface area contributed by atoms with Gasteiger partial charge in [-0.15, -0.1) is 0 Å². The highest BCUT2D eigenvalue weighted by Crippen LogP contribution is 2.48. The van der Waals surface area contributed by atoms with Crippen molar-refractivity contribution in [2.24, 2.45) is 0 Å².